The van der Waals surface area contributed by atoms with Gasteiger partial charge in [0.25, 0.3) is 5.56 Å². The summed E-state index contributed by atoms with van der Waals surface area (Å²) in [4.78, 5) is 27.2. The van der Waals surface area contributed by atoms with Gasteiger partial charge in [0.1, 0.15) is 17.2 Å². The molecule has 1 saturated carbocycles. The highest BCUT2D eigenvalue weighted by molar-refractivity contribution is 7.94. The summed E-state index contributed by atoms with van der Waals surface area (Å²) in [7, 11) is -2.54. The first-order chi connectivity index (χ1) is 16.1. The molecule has 8 nitrogen and oxygen atoms in total. The van der Waals surface area contributed by atoms with E-state index in [0.29, 0.717) is 18.4 Å². The van der Waals surface area contributed by atoms with Gasteiger partial charge in [-0.25, -0.2) is 22.5 Å². The fourth-order valence-electron chi connectivity index (χ4n) is 3.87. The minimum Gasteiger partial charge on any atom is -0.443 e. The molecule has 0 bridgehead atoms. The molecule has 1 aliphatic carbocycles. The van der Waals surface area contributed by atoms with Gasteiger partial charge in [0.15, 0.2) is 0 Å². The molecule has 3 rings (SSSR count). The largest absolute Gasteiger partial charge is 0.443 e. The van der Waals surface area contributed by atoms with Crippen LogP contribution in [0.1, 0.15) is 51.2 Å². The van der Waals surface area contributed by atoms with E-state index in [2.05, 4.69) is 11.3 Å². The van der Waals surface area contributed by atoms with Gasteiger partial charge in [-0.3, -0.25) is 14.1 Å². The van der Waals surface area contributed by atoms with Gasteiger partial charge in [-0.1, -0.05) is 12.1 Å². The summed E-state index contributed by atoms with van der Waals surface area (Å²) in [5, 5.41) is 0. The van der Waals surface area contributed by atoms with Crippen molar-refractivity contribution in [1.29, 1.82) is 0 Å². The van der Waals surface area contributed by atoms with E-state index in [0.717, 1.165) is 9.47 Å². The van der Waals surface area contributed by atoms with Gasteiger partial charge in [0, 0.05) is 12.6 Å². The van der Waals surface area contributed by atoms with Crippen LogP contribution < -0.4 is 15.2 Å². The van der Waals surface area contributed by atoms with Gasteiger partial charge in [-0.05, 0) is 77.6 Å². The fourth-order valence-corrected chi connectivity index (χ4v) is 5.50. The number of aromatic nitrogens is 1. The molecule has 1 N–H and O–H groups in total. The molecule has 0 radical (unpaired) electrons. The Hall–Kier alpha value is -3.14. The Bertz CT molecular complexity index is 1340. The van der Waals surface area contributed by atoms with E-state index >= 15 is 4.39 Å². The maximum absolute atomic E-state index is 15.2. The molecular weight excluding hydrogens is 473 g/mol. The number of amides is 1. The second-order valence-electron chi connectivity index (χ2n) is 9.98. The van der Waals surface area contributed by atoms with Gasteiger partial charge in [-0.2, -0.15) is 0 Å². The molecule has 0 saturated heterocycles. The topological polar surface area (TPSA) is 97.7 Å². The Morgan fingerprint density at radius 2 is 1.91 bits per heavy atom. The smallest absolute Gasteiger partial charge is 0.420 e. The summed E-state index contributed by atoms with van der Waals surface area (Å²) >= 11 is 0. The van der Waals surface area contributed by atoms with Crippen molar-refractivity contribution in [3.63, 3.8) is 0 Å². The number of aryl methyl sites for hydroxylation is 2. The third-order valence-corrected chi connectivity index (χ3v) is 8.04. The number of hydrogen-bond acceptors (Lipinski definition) is 5. The van der Waals surface area contributed by atoms with Gasteiger partial charge in [-0.15, -0.1) is 6.58 Å². The summed E-state index contributed by atoms with van der Waals surface area (Å²) in [6, 6.07) is 5.58. The number of nitrogens with one attached hydrogen (secondary N) is 1. The Labute approximate surface area is 205 Å². The lowest BCUT2D eigenvalue weighted by atomic mass is 10.2. The van der Waals surface area contributed by atoms with Gasteiger partial charge < -0.3 is 4.74 Å². The van der Waals surface area contributed by atoms with E-state index in [-0.39, 0.29) is 29.2 Å². The van der Waals surface area contributed by atoms with Crippen LogP contribution in [-0.2, 0) is 21.8 Å². The van der Waals surface area contributed by atoms with Crippen molar-refractivity contribution in [1.82, 2.24) is 4.57 Å². The normalized spacial score (nSPS) is 14.8. The highest BCUT2D eigenvalue weighted by Gasteiger charge is 2.54. The Morgan fingerprint density at radius 1 is 1.29 bits per heavy atom. The Kier molecular flexibility index (Phi) is 6.91. The zero-order valence-corrected chi connectivity index (χ0v) is 21.8. The number of allylic oxidation sites excluding steroid dienone is 1. The van der Waals surface area contributed by atoms with Crippen LogP contribution in [0.3, 0.4) is 0 Å². The van der Waals surface area contributed by atoms with Crippen LogP contribution in [0.15, 0.2) is 41.7 Å². The van der Waals surface area contributed by atoms with Crippen molar-refractivity contribution < 1.29 is 22.3 Å². The van der Waals surface area contributed by atoms with Crippen molar-refractivity contribution in [2.24, 2.45) is 7.05 Å². The molecule has 1 aromatic heterocycles. The number of hydrogen-bond donors (Lipinski definition) is 1. The van der Waals surface area contributed by atoms with Crippen molar-refractivity contribution in [2.75, 3.05) is 9.62 Å². The van der Waals surface area contributed by atoms with Crippen molar-refractivity contribution in [3.8, 4) is 0 Å². The summed E-state index contributed by atoms with van der Waals surface area (Å²) in [5.41, 5.74) is -0.773. The van der Waals surface area contributed by atoms with Crippen LogP contribution in [0.25, 0.3) is 0 Å². The van der Waals surface area contributed by atoms with Gasteiger partial charge >= 0.3 is 6.09 Å². The van der Waals surface area contributed by atoms with E-state index in [4.69, 9.17) is 4.74 Å². The van der Waals surface area contributed by atoms with E-state index in [1.54, 1.807) is 39.8 Å². The Balaban J connectivity index is 2.28. The molecule has 1 aliphatic rings. The maximum Gasteiger partial charge on any atom is 0.420 e. The number of benzene rings is 1. The first-order valence-electron chi connectivity index (χ1n) is 11.3. The lowest BCUT2D eigenvalue weighted by Crippen LogP contribution is -2.39. The molecule has 0 spiro atoms. The number of ether oxygens (including phenoxy) is 1. The van der Waals surface area contributed by atoms with E-state index in [1.807, 2.05) is 0 Å². The second-order valence-corrected chi connectivity index (χ2v) is 12.1. The zero-order valence-electron chi connectivity index (χ0n) is 20.9. The van der Waals surface area contributed by atoms with Crippen LogP contribution in [0, 0.1) is 19.7 Å². The molecular formula is C25H32FN3O5S. The molecule has 1 amide bonds. The van der Waals surface area contributed by atoms with E-state index < -0.39 is 37.8 Å². The Morgan fingerprint density at radius 3 is 2.43 bits per heavy atom. The summed E-state index contributed by atoms with van der Waals surface area (Å²) in [6.45, 7) is 11.8. The second kappa shape index (κ2) is 9.14. The minimum atomic E-state index is -3.94. The monoisotopic (exact) mass is 505 g/mol. The molecule has 1 aromatic carbocycles. The minimum absolute atomic E-state index is 0.0363. The lowest BCUT2D eigenvalue weighted by molar-refractivity contribution is 0.0596. The predicted octanol–water partition coefficient (Wildman–Crippen LogP) is 5.06. The van der Waals surface area contributed by atoms with Crippen LogP contribution in [0.5, 0.6) is 0 Å². The number of pyridine rings is 1. The van der Waals surface area contributed by atoms with Crippen molar-refractivity contribution in [2.45, 2.75) is 64.2 Å². The molecule has 0 aliphatic heterocycles. The molecule has 0 unspecified atom stereocenters. The maximum atomic E-state index is 15.2. The number of sulfonamides is 1. The predicted molar refractivity (Wildman–Crippen MR) is 135 cm³/mol. The molecule has 190 valence electrons. The van der Waals surface area contributed by atoms with Crippen molar-refractivity contribution in [3.05, 3.63) is 64.2 Å². The summed E-state index contributed by atoms with van der Waals surface area (Å²) < 4.78 is 50.1. The molecule has 1 heterocycles. The highest BCUT2D eigenvalue weighted by atomic mass is 32.2. The van der Waals surface area contributed by atoms with Crippen LogP contribution in [-0.4, -0.2) is 29.4 Å². The summed E-state index contributed by atoms with van der Waals surface area (Å²) in [5.74, 6) is -0.890. The SMILES string of the molecule is C=CCC1(S(=O)(=O)Nc2cc(C)c(=O)n(C)c2N(C(=O)OC(C)(C)C)c2ccc(C)cc2F)CC1. The number of halogens is 1. The van der Waals surface area contributed by atoms with Gasteiger partial charge in [0.2, 0.25) is 10.0 Å². The quantitative estimate of drug-likeness (QED) is 0.530. The molecule has 10 heteroatoms. The van der Waals surface area contributed by atoms with Crippen molar-refractivity contribution >= 4 is 33.3 Å². The van der Waals surface area contributed by atoms with Crippen LogP contribution in [0.2, 0.25) is 0 Å². The van der Waals surface area contributed by atoms with E-state index in [1.165, 1.54) is 32.2 Å². The first-order valence-corrected chi connectivity index (χ1v) is 12.7. The molecule has 35 heavy (non-hydrogen) atoms. The average molecular weight is 506 g/mol. The highest BCUT2D eigenvalue weighted by Crippen LogP contribution is 2.48. The average Bonchev–Trinajstić information content (AvgIpc) is 3.50. The molecule has 2 aromatic rings. The van der Waals surface area contributed by atoms with E-state index in [9.17, 15) is 18.0 Å². The fraction of sp³-hybridized carbons (Fsp3) is 0.440. The van der Waals surface area contributed by atoms with Crippen LogP contribution in [0.4, 0.5) is 26.4 Å². The first kappa shape index (κ1) is 26.5. The lowest BCUT2D eigenvalue weighted by Gasteiger charge is -2.31. The van der Waals surface area contributed by atoms with Crippen LogP contribution >= 0.6 is 0 Å². The number of anilines is 3. The van der Waals surface area contributed by atoms with Gasteiger partial charge in [0.05, 0.1) is 16.1 Å². The third-order valence-electron chi connectivity index (χ3n) is 5.83. The molecule has 0 atom stereocenters. The zero-order chi connectivity index (χ0) is 26.3. The third kappa shape index (κ3) is 5.27. The number of carbonyl (C=O) groups is 1. The summed E-state index contributed by atoms with van der Waals surface area (Å²) in [6.07, 6.45) is 1.75. The standard InChI is InChI=1S/C25H32FN3O5S/c1-8-11-25(12-13-25)35(32,33)27-19-15-17(3)22(30)28(7)21(19)29(23(31)34-24(4,5)6)20-10-9-16(2)14-18(20)26/h8-10,14-15,27H,1,11-13H2,2-7H3. The number of rotatable bonds is 7. The number of nitrogens with zero attached hydrogens (tertiary/aromatic N) is 2. The number of carbonyl (C=O) groups excluding carboxylic acids is 1. The molecule has 1 fully saturated rings.